The van der Waals surface area contributed by atoms with E-state index in [9.17, 15) is 21.2 Å². The van der Waals surface area contributed by atoms with Crippen molar-refractivity contribution < 1.29 is 21.2 Å². The molecule has 0 aliphatic carbocycles. The Hall–Kier alpha value is -1.73. The van der Waals surface area contributed by atoms with Crippen LogP contribution >= 0.6 is 0 Å². The molecule has 7 heteroatoms. The third-order valence-corrected chi connectivity index (χ3v) is 6.68. The van der Waals surface area contributed by atoms with Gasteiger partial charge in [-0.2, -0.15) is 0 Å². The highest BCUT2D eigenvalue weighted by atomic mass is 32.2. The molecule has 0 fully saturated rings. The van der Waals surface area contributed by atoms with Gasteiger partial charge >= 0.3 is 0 Å². The molecule has 2 aliphatic rings. The van der Waals surface area contributed by atoms with Crippen molar-refractivity contribution in [1.82, 2.24) is 0 Å². The normalized spacial score (nSPS) is 19.3. The molecule has 0 atom stereocenters. The predicted octanol–water partition coefficient (Wildman–Crippen LogP) is 2.37. The maximum absolute atomic E-state index is 13.7. The van der Waals surface area contributed by atoms with Crippen molar-refractivity contribution in [3.63, 3.8) is 0 Å². The molecular formula is C16H15FO4S2. The van der Waals surface area contributed by atoms with E-state index in [1.807, 2.05) is 0 Å². The molecule has 23 heavy (non-hydrogen) atoms. The number of hydrogen-bond donors (Lipinski definition) is 0. The Morgan fingerprint density at radius 3 is 1.35 bits per heavy atom. The fourth-order valence-electron chi connectivity index (χ4n) is 2.73. The molecule has 0 unspecified atom stereocenters. The Balaban J connectivity index is 2.13. The molecule has 0 radical (unpaired) electrons. The Kier molecular flexibility index (Phi) is 4.01. The second kappa shape index (κ2) is 5.72. The van der Waals surface area contributed by atoms with Crippen molar-refractivity contribution in [2.75, 3.05) is 0 Å². The zero-order valence-electron chi connectivity index (χ0n) is 12.2. The van der Waals surface area contributed by atoms with Gasteiger partial charge < -0.3 is 0 Å². The van der Waals surface area contributed by atoms with Crippen molar-refractivity contribution in [3.05, 3.63) is 70.5 Å². The molecule has 2 aliphatic heterocycles. The quantitative estimate of drug-likeness (QED) is 0.728. The summed E-state index contributed by atoms with van der Waals surface area (Å²) in [5, 5.41) is 0. The first kappa shape index (κ1) is 16.1. The highest BCUT2D eigenvalue weighted by Crippen LogP contribution is 2.20. The number of fused-ring (bicyclic) bond motifs is 6. The van der Waals surface area contributed by atoms with Crippen LogP contribution in [0.1, 0.15) is 22.3 Å². The van der Waals surface area contributed by atoms with Gasteiger partial charge in [-0.1, -0.05) is 30.3 Å². The van der Waals surface area contributed by atoms with Crippen LogP contribution in [0.2, 0.25) is 0 Å². The molecule has 4 rings (SSSR count). The van der Waals surface area contributed by atoms with Gasteiger partial charge in [0.15, 0.2) is 19.7 Å². The van der Waals surface area contributed by atoms with Crippen LogP contribution in [0.15, 0.2) is 42.5 Å². The second-order valence-electron chi connectivity index (χ2n) is 5.85. The lowest BCUT2D eigenvalue weighted by atomic mass is 10.1. The Bertz CT molecular complexity index is 871. The Labute approximate surface area is 134 Å². The first-order chi connectivity index (χ1) is 10.7. The molecule has 0 saturated carbocycles. The second-order valence-corrected chi connectivity index (χ2v) is 9.98. The van der Waals surface area contributed by atoms with Gasteiger partial charge in [0, 0.05) is 0 Å². The SMILES string of the molecule is O=S1(=O)Cc2ccc(cc2)CS(=O)(=O)Cc2cc(F)cc(c2)C1. The van der Waals surface area contributed by atoms with Crippen LogP contribution in [-0.2, 0) is 42.7 Å². The molecule has 0 amide bonds. The van der Waals surface area contributed by atoms with Crippen LogP contribution in [-0.4, -0.2) is 16.8 Å². The monoisotopic (exact) mass is 354 g/mol. The van der Waals surface area contributed by atoms with Crippen molar-refractivity contribution in [1.29, 1.82) is 0 Å². The summed E-state index contributed by atoms with van der Waals surface area (Å²) in [6, 6.07) is 10.2. The summed E-state index contributed by atoms with van der Waals surface area (Å²) in [5.41, 5.74) is 1.71. The third-order valence-electron chi connectivity index (χ3n) is 3.59. The molecule has 122 valence electrons. The first-order valence-electron chi connectivity index (χ1n) is 6.98. The molecular weight excluding hydrogens is 339 g/mol. The van der Waals surface area contributed by atoms with Gasteiger partial charge in [0.25, 0.3) is 0 Å². The van der Waals surface area contributed by atoms with E-state index < -0.39 is 25.5 Å². The fraction of sp³-hybridized carbons (Fsp3) is 0.250. The molecule has 0 saturated heterocycles. The minimum Gasteiger partial charge on any atom is -0.228 e. The van der Waals surface area contributed by atoms with E-state index >= 15 is 0 Å². The standard InChI is InChI=1S/C16H15FO4S2/c17-16-6-14-5-15(7-16)11-23(20,21)9-13-2-1-12(3-4-13)8-22(18,19)10-14/h1-7H,8-11H2. The average molecular weight is 354 g/mol. The van der Waals surface area contributed by atoms with E-state index in [1.165, 1.54) is 6.07 Å². The molecule has 0 aromatic heterocycles. The molecule has 2 aromatic carbocycles. The maximum Gasteiger partial charge on any atom is 0.158 e. The van der Waals surface area contributed by atoms with E-state index in [2.05, 4.69) is 0 Å². The smallest absolute Gasteiger partial charge is 0.158 e. The molecule has 0 N–H and O–H groups in total. The lowest BCUT2D eigenvalue weighted by Gasteiger charge is -2.07. The molecule has 0 spiro atoms. The number of hydrogen-bond acceptors (Lipinski definition) is 4. The van der Waals surface area contributed by atoms with E-state index in [-0.39, 0.29) is 34.1 Å². The van der Waals surface area contributed by atoms with Gasteiger partial charge in [0.05, 0.1) is 23.0 Å². The van der Waals surface area contributed by atoms with Crippen LogP contribution in [0.4, 0.5) is 4.39 Å². The molecule has 2 aromatic rings. The van der Waals surface area contributed by atoms with Crippen LogP contribution in [0.25, 0.3) is 0 Å². The van der Waals surface area contributed by atoms with Crippen molar-refractivity contribution in [3.8, 4) is 0 Å². The van der Waals surface area contributed by atoms with Crippen LogP contribution in [0.3, 0.4) is 0 Å². The summed E-state index contributed by atoms with van der Waals surface area (Å²) < 4.78 is 62.8. The summed E-state index contributed by atoms with van der Waals surface area (Å²) in [6.07, 6.45) is 0. The maximum atomic E-state index is 13.7. The van der Waals surface area contributed by atoms with Crippen molar-refractivity contribution >= 4 is 19.7 Å². The van der Waals surface area contributed by atoms with Crippen LogP contribution in [0.5, 0.6) is 0 Å². The van der Waals surface area contributed by atoms with Gasteiger partial charge in [-0.05, 0) is 34.4 Å². The summed E-state index contributed by atoms with van der Waals surface area (Å²) >= 11 is 0. The van der Waals surface area contributed by atoms with E-state index in [0.717, 1.165) is 12.1 Å². The highest BCUT2D eigenvalue weighted by molar-refractivity contribution is 7.90. The third kappa shape index (κ3) is 4.17. The Morgan fingerprint density at radius 1 is 0.609 bits per heavy atom. The average Bonchev–Trinajstić information content (AvgIpc) is 2.38. The summed E-state index contributed by atoms with van der Waals surface area (Å²) in [5.74, 6) is -1.59. The topological polar surface area (TPSA) is 68.3 Å². The lowest BCUT2D eigenvalue weighted by Crippen LogP contribution is -2.09. The zero-order chi connectivity index (χ0) is 16.7. The minimum atomic E-state index is -3.47. The van der Waals surface area contributed by atoms with Crippen molar-refractivity contribution in [2.45, 2.75) is 23.0 Å². The number of halogens is 1. The number of sulfone groups is 2. The molecule has 2 heterocycles. The summed E-state index contributed by atoms with van der Waals surface area (Å²) in [7, 11) is -6.93. The van der Waals surface area contributed by atoms with Crippen LogP contribution < -0.4 is 0 Å². The van der Waals surface area contributed by atoms with E-state index in [0.29, 0.717) is 11.1 Å². The van der Waals surface area contributed by atoms with Crippen molar-refractivity contribution in [2.24, 2.45) is 0 Å². The zero-order valence-corrected chi connectivity index (χ0v) is 13.8. The fourth-order valence-corrected chi connectivity index (χ4v) is 5.69. The van der Waals surface area contributed by atoms with Gasteiger partial charge in [0.2, 0.25) is 0 Å². The van der Waals surface area contributed by atoms with E-state index in [4.69, 9.17) is 0 Å². The molecule has 4 bridgehead atoms. The van der Waals surface area contributed by atoms with Gasteiger partial charge in [-0.3, -0.25) is 0 Å². The predicted molar refractivity (Wildman–Crippen MR) is 85.5 cm³/mol. The first-order valence-corrected chi connectivity index (χ1v) is 10.6. The Morgan fingerprint density at radius 2 is 0.957 bits per heavy atom. The molecule has 4 nitrogen and oxygen atoms in total. The van der Waals surface area contributed by atoms with Gasteiger partial charge in [-0.25, -0.2) is 21.2 Å². The minimum absolute atomic E-state index is 0.161. The lowest BCUT2D eigenvalue weighted by molar-refractivity contribution is 0.593. The van der Waals surface area contributed by atoms with Crippen LogP contribution in [0, 0.1) is 5.82 Å². The van der Waals surface area contributed by atoms with Gasteiger partial charge in [0.1, 0.15) is 5.82 Å². The van der Waals surface area contributed by atoms with E-state index in [1.54, 1.807) is 24.3 Å². The largest absolute Gasteiger partial charge is 0.228 e. The highest BCUT2D eigenvalue weighted by Gasteiger charge is 2.19. The summed E-state index contributed by atoms with van der Waals surface area (Å²) in [4.78, 5) is 0. The number of benzene rings is 2. The summed E-state index contributed by atoms with van der Waals surface area (Å²) in [6.45, 7) is 0. The number of rotatable bonds is 0. The van der Waals surface area contributed by atoms with Gasteiger partial charge in [-0.15, -0.1) is 0 Å².